The number of hydrogen-bond donors (Lipinski definition) is 0. The lowest BCUT2D eigenvalue weighted by atomic mass is 9.91. The fraction of sp³-hybridized carbons (Fsp3) is 0.111. The van der Waals surface area contributed by atoms with Crippen LogP contribution in [-0.4, -0.2) is 26.4 Å². The highest BCUT2D eigenvalue weighted by molar-refractivity contribution is 5.86. The Morgan fingerprint density at radius 2 is 0.490 bits per heavy atom. The van der Waals surface area contributed by atoms with Crippen LogP contribution in [0.2, 0.25) is 0 Å². The van der Waals surface area contributed by atoms with Gasteiger partial charge in [-0.25, -0.2) is 0 Å². The topological polar surface area (TPSA) is 36.9 Å². The fourth-order valence-electron chi connectivity index (χ4n) is 6.22. The molecule has 240 valence electrons. The van der Waals surface area contributed by atoms with Crippen LogP contribution in [0.1, 0.15) is 0 Å². The molecule has 4 heteroatoms. The molecule has 49 heavy (non-hydrogen) atoms. The third-order valence-corrected chi connectivity index (χ3v) is 9.06. The predicted molar refractivity (Wildman–Crippen MR) is 200 cm³/mol. The van der Waals surface area contributed by atoms with Gasteiger partial charge < -0.3 is 18.9 Å². The molecular formula is C45H36O4. The molecule has 0 aliphatic rings. The molecule has 0 saturated heterocycles. The summed E-state index contributed by atoms with van der Waals surface area (Å²) in [5.41, 5.74) is -0.700. The first-order chi connectivity index (χ1) is 24.2. The molecule has 0 atom stereocenters. The van der Waals surface area contributed by atoms with E-state index < -0.39 is 5.41 Å². The normalized spacial score (nSPS) is 11.6. The van der Waals surface area contributed by atoms with Crippen molar-refractivity contribution in [2.75, 3.05) is 26.4 Å². The van der Waals surface area contributed by atoms with Gasteiger partial charge in [-0.3, -0.25) is 0 Å². The molecule has 0 N–H and O–H groups in total. The van der Waals surface area contributed by atoms with E-state index in [-0.39, 0.29) is 0 Å². The first kappa shape index (κ1) is 30.3. The van der Waals surface area contributed by atoms with Gasteiger partial charge in [-0.05, 0) is 91.6 Å². The number of hydrogen-bond acceptors (Lipinski definition) is 4. The largest absolute Gasteiger partial charge is 0.493 e. The molecule has 0 amide bonds. The summed E-state index contributed by atoms with van der Waals surface area (Å²) in [5.74, 6) is 3.13. The van der Waals surface area contributed by atoms with Gasteiger partial charge in [-0.2, -0.15) is 0 Å². The van der Waals surface area contributed by atoms with E-state index in [1.165, 1.54) is 21.5 Å². The lowest BCUT2D eigenvalue weighted by Crippen LogP contribution is -2.45. The van der Waals surface area contributed by atoms with Gasteiger partial charge in [-0.15, -0.1) is 0 Å². The molecule has 0 aliphatic heterocycles. The lowest BCUT2D eigenvalue weighted by Gasteiger charge is -2.33. The second kappa shape index (κ2) is 13.6. The molecule has 8 aromatic carbocycles. The molecule has 0 unspecified atom stereocenters. The van der Waals surface area contributed by atoms with Gasteiger partial charge in [0.1, 0.15) is 54.8 Å². The van der Waals surface area contributed by atoms with Crippen LogP contribution in [0.4, 0.5) is 0 Å². The second-order valence-corrected chi connectivity index (χ2v) is 12.7. The average molecular weight is 641 g/mol. The monoisotopic (exact) mass is 640 g/mol. The fourth-order valence-corrected chi connectivity index (χ4v) is 6.22. The molecule has 0 spiro atoms. The van der Waals surface area contributed by atoms with E-state index in [1.807, 2.05) is 72.8 Å². The minimum Gasteiger partial charge on any atom is -0.493 e. The summed E-state index contributed by atoms with van der Waals surface area (Å²) in [6.07, 6.45) is 0. The molecule has 0 fully saturated rings. The molecule has 0 bridgehead atoms. The van der Waals surface area contributed by atoms with E-state index in [2.05, 4.69) is 97.1 Å². The van der Waals surface area contributed by atoms with Gasteiger partial charge in [0.2, 0.25) is 0 Å². The summed E-state index contributed by atoms with van der Waals surface area (Å²) < 4.78 is 26.5. The van der Waals surface area contributed by atoms with Crippen molar-refractivity contribution >= 4 is 43.1 Å². The van der Waals surface area contributed by atoms with Crippen molar-refractivity contribution in [3.8, 4) is 23.0 Å². The van der Waals surface area contributed by atoms with Gasteiger partial charge in [0.15, 0.2) is 0 Å². The Morgan fingerprint density at radius 1 is 0.265 bits per heavy atom. The van der Waals surface area contributed by atoms with Crippen LogP contribution in [-0.2, 0) is 0 Å². The van der Waals surface area contributed by atoms with Crippen molar-refractivity contribution in [3.63, 3.8) is 0 Å². The standard InChI is InChI=1S/C45H36O4/c1-5-13-37-25-41(21-17-33(37)9-1)46-29-45(30-47-42-22-18-34-10-2-6-14-38(34)26-42,31-48-43-23-19-35-11-3-7-15-39(35)27-43)32-49-44-24-20-36-12-4-8-16-40(36)28-44/h1-28H,29-32H2. The van der Waals surface area contributed by atoms with Gasteiger partial charge in [0.05, 0.1) is 0 Å². The number of ether oxygens (including phenoxy) is 4. The third kappa shape index (κ3) is 7.00. The van der Waals surface area contributed by atoms with Gasteiger partial charge in [0.25, 0.3) is 0 Å². The predicted octanol–water partition coefficient (Wildman–Crippen LogP) is 10.9. The first-order valence-corrected chi connectivity index (χ1v) is 16.6. The maximum atomic E-state index is 6.62. The summed E-state index contributed by atoms with van der Waals surface area (Å²) in [4.78, 5) is 0. The van der Waals surface area contributed by atoms with Crippen molar-refractivity contribution in [3.05, 3.63) is 170 Å². The van der Waals surface area contributed by atoms with Crippen LogP contribution in [0.15, 0.2) is 170 Å². The van der Waals surface area contributed by atoms with Crippen molar-refractivity contribution in [2.45, 2.75) is 0 Å². The highest BCUT2D eigenvalue weighted by Gasteiger charge is 2.36. The minimum atomic E-state index is -0.700. The van der Waals surface area contributed by atoms with Gasteiger partial charge in [-0.1, -0.05) is 121 Å². The van der Waals surface area contributed by atoms with E-state index in [9.17, 15) is 0 Å². The van der Waals surface area contributed by atoms with E-state index in [4.69, 9.17) is 18.9 Å². The molecule has 0 aliphatic carbocycles. The number of fused-ring (bicyclic) bond motifs is 4. The summed E-state index contributed by atoms with van der Waals surface area (Å²) in [6, 6.07) is 58.0. The average Bonchev–Trinajstić information content (AvgIpc) is 3.17. The molecular weight excluding hydrogens is 604 g/mol. The Morgan fingerprint density at radius 3 is 0.735 bits per heavy atom. The maximum absolute atomic E-state index is 6.62. The summed E-state index contributed by atoms with van der Waals surface area (Å²) in [6.45, 7) is 1.22. The molecule has 0 saturated carbocycles. The van der Waals surface area contributed by atoms with Crippen LogP contribution in [0.5, 0.6) is 23.0 Å². The van der Waals surface area contributed by atoms with E-state index >= 15 is 0 Å². The Balaban J connectivity index is 1.13. The molecule has 4 nitrogen and oxygen atoms in total. The van der Waals surface area contributed by atoms with Gasteiger partial charge in [0, 0.05) is 0 Å². The zero-order valence-electron chi connectivity index (χ0n) is 27.1. The van der Waals surface area contributed by atoms with Crippen LogP contribution in [0.25, 0.3) is 43.1 Å². The lowest BCUT2D eigenvalue weighted by molar-refractivity contribution is -0.00337. The Labute approximate surface area is 286 Å². The molecule has 0 heterocycles. The van der Waals surface area contributed by atoms with Crippen molar-refractivity contribution in [2.24, 2.45) is 5.41 Å². The Hall–Kier alpha value is -6.00. The summed E-state index contributed by atoms with van der Waals surface area (Å²) in [7, 11) is 0. The molecule has 0 aromatic heterocycles. The van der Waals surface area contributed by atoms with Crippen molar-refractivity contribution in [1.82, 2.24) is 0 Å². The highest BCUT2D eigenvalue weighted by Crippen LogP contribution is 2.31. The Kier molecular flexibility index (Phi) is 8.43. The SMILES string of the molecule is c1ccc2cc(OCC(COc3ccc4ccccc4c3)(COc3ccc4ccccc4c3)COc3ccc4ccccc4c3)ccc2c1. The van der Waals surface area contributed by atoms with Crippen LogP contribution >= 0.6 is 0 Å². The summed E-state index contributed by atoms with van der Waals surface area (Å²) in [5, 5.41) is 9.16. The van der Waals surface area contributed by atoms with Crippen LogP contribution in [0, 0.1) is 5.41 Å². The molecule has 8 aromatic rings. The number of benzene rings is 8. The van der Waals surface area contributed by atoms with Gasteiger partial charge >= 0.3 is 0 Å². The zero-order valence-corrected chi connectivity index (χ0v) is 27.1. The highest BCUT2D eigenvalue weighted by atomic mass is 16.5. The minimum absolute atomic E-state index is 0.306. The molecule has 0 radical (unpaired) electrons. The smallest absolute Gasteiger partial charge is 0.119 e. The number of rotatable bonds is 12. The van der Waals surface area contributed by atoms with Crippen LogP contribution < -0.4 is 18.9 Å². The molecule has 8 rings (SSSR count). The van der Waals surface area contributed by atoms with Crippen molar-refractivity contribution in [1.29, 1.82) is 0 Å². The second-order valence-electron chi connectivity index (χ2n) is 12.7. The summed E-state index contributed by atoms with van der Waals surface area (Å²) >= 11 is 0. The van der Waals surface area contributed by atoms with Crippen LogP contribution in [0.3, 0.4) is 0 Å². The third-order valence-electron chi connectivity index (χ3n) is 9.06. The van der Waals surface area contributed by atoms with Crippen molar-refractivity contribution < 1.29 is 18.9 Å². The van der Waals surface area contributed by atoms with E-state index in [0.29, 0.717) is 26.4 Å². The zero-order chi connectivity index (χ0) is 32.9. The van der Waals surface area contributed by atoms with E-state index in [0.717, 1.165) is 44.5 Å². The quantitative estimate of drug-likeness (QED) is 0.133. The first-order valence-electron chi connectivity index (χ1n) is 16.6. The van der Waals surface area contributed by atoms with E-state index in [1.54, 1.807) is 0 Å². The maximum Gasteiger partial charge on any atom is 0.119 e. The Bertz CT molecular complexity index is 2040.